The largest absolute Gasteiger partial charge is 0.481 e. The van der Waals surface area contributed by atoms with Crippen LogP contribution < -0.4 is 0 Å². The third-order valence-corrected chi connectivity index (χ3v) is 4.23. The summed E-state index contributed by atoms with van der Waals surface area (Å²) in [6.07, 6.45) is -0.513. The number of alkyl halides is 3. The molecule has 1 N–H and O–H groups in total. The Kier molecular flexibility index (Phi) is 2.93. The smallest absolute Gasteiger partial charge is 0.418 e. The number of carbonyl (C=O) groups is 1. The van der Waals surface area contributed by atoms with Crippen molar-refractivity contribution in [1.82, 2.24) is 4.98 Å². The molecule has 1 saturated carbocycles. The van der Waals surface area contributed by atoms with Crippen LogP contribution >= 0.6 is 0 Å². The van der Waals surface area contributed by atoms with Crippen molar-refractivity contribution >= 4 is 16.7 Å². The Labute approximate surface area is 118 Å². The van der Waals surface area contributed by atoms with E-state index in [2.05, 4.69) is 4.98 Å². The third kappa shape index (κ3) is 2.05. The van der Waals surface area contributed by atoms with Gasteiger partial charge in [0.15, 0.2) is 0 Å². The summed E-state index contributed by atoms with van der Waals surface area (Å²) >= 11 is 0. The lowest BCUT2D eigenvalue weighted by atomic mass is 9.64. The van der Waals surface area contributed by atoms with Gasteiger partial charge in [-0.15, -0.1) is 0 Å². The zero-order valence-corrected chi connectivity index (χ0v) is 10.9. The molecule has 0 spiro atoms. The lowest BCUT2D eigenvalue weighted by Crippen LogP contribution is -2.42. The maximum Gasteiger partial charge on any atom is 0.418 e. The number of hydrogen-bond acceptors (Lipinski definition) is 2. The molecule has 0 saturated heterocycles. The van der Waals surface area contributed by atoms with Crippen LogP contribution in [-0.4, -0.2) is 16.1 Å². The van der Waals surface area contributed by atoms with Gasteiger partial charge in [-0.1, -0.05) is 18.6 Å². The highest BCUT2D eigenvalue weighted by Gasteiger charge is 2.46. The quantitative estimate of drug-likeness (QED) is 0.917. The summed E-state index contributed by atoms with van der Waals surface area (Å²) in [5.74, 6) is -0.923. The number of pyridine rings is 1. The molecule has 1 aromatic carbocycles. The maximum absolute atomic E-state index is 12.9. The summed E-state index contributed by atoms with van der Waals surface area (Å²) in [7, 11) is 0. The van der Waals surface area contributed by atoms with E-state index in [1.165, 1.54) is 24.4 Å². The Morgan fingerprint density at radius 1 is 1.24 bits per heavy atom. The van der Waals surface area contributed by atoms with E-state index in [0.29, 0.717) is 23.8 Å². The Hall–Kier alpha value is -2.11. The van der Waals surface area contributed by atoms with Crippen molar-refractivity contribution < 1.29 is 23.1 Å². The second-order valence-corrected chi connectivity index (χ2v) is 5.36. The SMILES string of the molecule is O=C(O)C1(c2ccc3c(C(F)(F)F)cncc3c2)CCC1. The molecule has 1 aliphatic rings. The minimum absolute atomic E-state index is 0.0427. The normalized spacial score (nSPS) is 17.5. The van der Waals surface area contributed by atoms with Gasteiger partial charge in [-0.3, -0.25) is 9.78 Å². The fraction of sp³-hybridized carbons (Fsp3) is 0.333. The second-order valence-electron chi connectivity index (χ2n) is 5.36. The van der Waals surface area contributed by atoms with E-state index in [0.717, 1.165) is 12.6 Å². The van der Waals surface area contributed by atoms with Crippen molar-refractivity contribution in [3.63, 3.8) is 0 Å². The summed E-state index contributed by atoms with van der Waals surface area (Å²) in [6.45, 7) is 0. The Morgan fingerprint density at radius 3 is 2.48 bits per heavy atom. The average Bonchev–Trinajstić information content (AvgIpc) is 2.34. The molecule has 0 aliphatic heterocycles. The van der Waals surface area contributed by atoms with E-state index >= 15 is 0 Å². The molecule has 3 rings (SSSR count). The number of hydrogen-bond donors (Lipinski definition) is 1. The molecule has 0 amide bonds. The molecular formula is C15H12F3NO2. The molecular weight excluding hydrogens is 283 g/mol. The van der Waals surface area contributed by atoms with Crippen LogP contribution in [0.2, 0.25) is 0 Å². The van der Waals surface area contributed by atoms with Crippen molar-refractivity contribution in [2.24, 2.45) is 0 Å². The van der Waals surface area contributed by atoms with Crippen LogP contribution in [0, 0.1) is 0 Å². The predicted octanol–water partition coefficient (Wildman–Crippen LogP) is 3.76. The molecule has 0 unspecified atom stereocenters. The molecule has 2 aromatic rings. The van der Waals surface area contributed by atoms with Gasteiger partial charge < -0.3 is 5.11 Å². The van der Waals surface area contributed by atoms with E-state index in [4.69, 9.17) is 0 Å². The molecule has 1 heterocycles. The van der Waals surface area contributed by atoms with Gasteiger partial charge in [-0.25, -0.2) is 0 Å². The van der Waals surface area contributed by atoms with Gasteiger partial charge in [0.25, 0.3) is 0 Å². The summed E-state index contributed by atoms with van der Waals surface area (Å²) < 4.78 is 38.8. The van der Waals surface area contributed by atoms with Crippen LogP contribution in [0.15, 0.2) is 30.6 Å². The Balaban J connectivity index is 2.16. The molecule has 6 heteroatoms. The van der Waals surface area contributed by atoms with Gasteiger partial charge in [0.05, 0.1) is 11.0 Å². The monoisotopic (exact) mass is 295 g/mol. The minimum Gasteiger partial charge on any atom is -0.481 e. The lowest BCUT2D eigenvalue weighted by molar-refractivity contribution is -0.147. The first kappa shape index (κ1) is 13.9. The first-order valence-electron chi connectivity index (χ1n) is 6.53. The number of carboxylic acid groups (broad SMARTS) is 1. The van der Waals surface area contributed by atoms with Crippen molar-refractivity contribution in [1.29, 1.82) is 0 Å². The first-order valence-corrected chi connectivity index (χ1v) is 6.53. The number of aliphatic carboxylic acids is 1. The number of nitrogens with zero attached hydrogens (tertiary/aromatic N) is 1. The number of benzene rings is 1. The van der Waals surface area contributed by atoms with Crippen molar-refractivity contribution in [2.45, 2.75) is 30.9 Å². The van der Waals surface area contributed by atoms with E-state index in [-0.39, 0.29) is 5.39 Å². The number of fused-ring (bicyclic) bond motifs is 1. The molecule has 0 bridgehead atoms. The fourth-order valence-electron chi connectivity index (χ4n) is 2.86. The van der Waals surface area contributed by atoms with E-state index in [9.17, 15) is 23.1 Å². The molecule has 0 atom stereocenters. The summed E-state index contributed by atoms with van der Waals surface area (Å²) in [5, 5.41) is 9.75. The van der Waals surface area contributed by atoms with E-state index < -0.39 is 23.1 Å². The number of rotatable bonds is 2. The van der Waals surface area contributed by atoms with Gasteiger partial charge in [0, 0.05) is 17.8 Å². The van der Waals surface area contributed by atoms with Crippen molar-refractivity contribution in [3.05, 3.63) is 41.7 Å². The van der Waals surface area contributed by atoms with Crippen LogP contribution in [0.25, 0.3) is 10.8 Å². The van der Waals surface area contributed by atoms with Gasteiger partial charge >= 0.3 is 12.1 Å². The van der Waals surface area contributed by atoms with Crippen LogP contribution in [0.3, 0.4) is 0 Å². The van der Waals surface area contributed by atoms with Gasteiger partial charge in [0.1, 0.15) is 0 Å². The summed E-state index contributed by atoms with van der Waals surface area (Å²) in [5.41, 5.74) is -1.21. The van der Waals surface area contributed by atoms with E-state index in [1.54, 1.807) is 0 Å². The third-order valence-electron chi connectivity index (χ3n) is 4.23. The van der Waals surface area contributed by atoms with Gasteiger partial charge in [-0.05, 0) is 29.9 Å². The number of carboxylic acids is 1. The highest BCUT2D eigenvalue weighted by atomic mass is 19.4. The highest BCUT2D eigenvalue weighted by Crippen LogP contribution is 2.45. The van der Waals surface area contributed by atoms with Gasteiger partial charge in [0.2, 0.25) is 0 Å². The van der Waals surface area contributed by atoms with Gasteiger partial charge in [-0.2, -0.15) is 13.2 Å². The fourth-order valence-corrected chi connectivity index (χ4v) is 2.86. The molecule has 110 valence electrons. The lowest BCUT2D eigenvalue weighted by Gasteiger charge is -2.38. The van der Waals surface area contributed by atoms with Crippen LogP contribution in [0.5, 0.6) is 0 Å². The molecule has 21 heavy (non-hydrogen) atoms. The van der Waals surface area contributed by atoms with Crippen LogP contribution in [0.1, 0.15) is 30.4 Å². The van der Waals surface area contributed by atoms with Crippen LogP contribution in [-0.2, 0) is 16.4 Å². The number of halogens is 3. The number of aromatic nitrogens is 1. The molecule has 1 fully saturated rings. The average molecular weight is 295 g/mol. The Morgan fingerprint density at radius 2 is 1.95 bits per heavy atom. The predicted molar refractivity (Wildman–Crippen MR) is 69.9 cm³/mol. The van der Waals surface area contributed by atoms with Crippen molar-refractivity contribution in [3.8, 4) is 0 Å². The topological polar surface area (TPSA) is 50.2 Å². The van der Waals surface area contributed by atoms with E-state index in [1.807, 2.05) is 0 Å². The maximum atomic E-state index is 12.9. The standard InChI is InChI=1S/C15H12F3NO2/c16-15(17,18)12-8-19-7-9-6-10(2-3-11(9)12)14(13(20)21)4-1-5-14/h2-3,6-8H,1,4-5H2,(H,20,21). The zero-order chi connectivity index (χ0) is 15.3. The molecule has 1 aromatic heterocycles. The first-order chi connectivity index (χ1) is 9.84. The summed E-state index contributed by atoms with van der Waals surface area (Å²) in [6, 6.07) is 4.36. The second kappa shape index (κ2) is 4.44. The minimum atomic E-state index is -4.48. The molecule has 1 aliphatic carbocycles. The van der Waals surface area contributed by atoms with Crippen molar-refractivity contribution in [2.75, 3.05) is 0 Å². The highest BCUT2D eigenvalue weighted by molar-refractivity contribution is 5.89. The Bertz CT molecular complexity index is 720. The zero-order valence-electron chi connectivity index (χ0n) is 10.9. The molecule has 0 radical (unpaired) electrons. The van der Waals surface area contributed by atoms with Crippen LogP contribution in [0.4, 0.5) is 13.2 Å². The summed E-state index contributed by atoms with van der Waals surface area (Å²) in [4.78, 5) is 15.1. The molecule has 3 nitrogen and oxygen atoms in total.